The first kappa shape index (κ1) is 16.7. The second-order valence-electron chi connectivity index (χ2n) is 7.58. The summed E-state index contributed by atoms with van der Waals surface area (Å²) in [6.07, 6.45) is 6.22. The molecule has 23 heavy (non-hydrogen) atoms. The number of nitrogens with two attached hydrogens (primary N) is 1. The molecule has 0 aromatic heterocycles. The molecule has 1 unspecified atom stereocenters. The summed E-state index contributed by atoms with van der Waals surface area (Å²) in [5.41, 5.74) is 5.48. The van der Waals surface area contributed by atoms with Crippen LogP contribution in [0.25, 0.3) is 0 Å². The van der Waals surface area contributed by atoms with Crippen LogP contribution in [0.2, 0.25) is 0 Å². The Morgan fingerprint density at radius 3 is 2.74 bits per heavy atom. The van der Waals surface area contributed by atoms with E-state index in [1.807, 2.05) is 0 Å². The number of primary amides is 1. The molecule has 130 valence electrons. The van der Waals surface area contributed by atoms with Gasteiger partial charge in [-0.15, -0.1) is 0 Å². The van der Waals surface area contributed by atoms with E-state index in [0.717, 1.165) is 58.0 Å². The van der Waals surface area contributed by atoms with E-state index in [0.29, 0.717) is 13.0 Å². The van der Waals surface area contributed by atoms with Crippen molar-refractivity contribution in [2.24, 2.45) is 17.1 Å². The van der Waals surface area contributed by atoms with Crippen LogP contribution in [0.4, 0.5) is 0 Å². The van der Waals surface area contributed by atoms with Gasteiger partial charge in [-0.25, -0.2) is 0 Å². The molecule has 2 N–H and O–H groups in total. The largest absolute Gasteiger partial charge is 0.381 e. The van der Waals surface area contributed by atoms with E-state index < -0.39 is 5.91 Å². The molecule has 6 heteroatoms. The summed E-state index contributed by atoms with van der Waals surface area (Å²) in [5.74, 6) is 0.411. The fourth-order valence-corrected chi connectivity index (χ4v) is 4.27. The molecule has 0 bridgehead atoms. The Morgan fingerprint density at radius 1 is 1.30 bits per heavy atom. The highest BCUT2D eigenvalue weighted by atomic mass is 16.5. The SMILES string of the molecule is NC(=O)CN1CC2(CCC1=O)CCN(CCC1CCOC1)CC2. The minimum Gasteiger partial charge on any atom is -0.381 e. The van der Waals surface area contributed by atoms with Crippen molar-refractivity contribution in [3.63, 3.8) is 0 Å². The van der Waals surface area contributed by atoms with Crippen LogP contribution in [0.15, 0.2) is 0 Å². The fourth-order valence-electron chi connectivity index (χ4n) is 4.27. The molecule has 3 aliphatic heterocycles. The van der Waals surface area contributed by atoms with Crippen LogP contribution in [0, 0.1) is 11.3 Å². The highest BCUT2D eigenvalue weighted by Gasteiger charge is 2.41. The fraction of sp³-hybridized carbons (Fsp3) is 0.882. The van der Waals surface area contributed by atoms with Crippen molar-refractivity contribution in [3.8, 4) is 0 Å². The topological polar surface area (TPSA) is 75.9 Å². The molecule has 0 saturated carbocycles. The maximum Gasteiger partial charge on any atom is 0.237 e. The standard InChI is InChI=1S/C17H29N3O3/c18-15(21)11-20-13-17(4-1-16(20)22)5-8-19(9-6-17)7-2-14-3-10-23-12-14/h14H,1-13H2,(H2,18,21). The number of ether oxygens (including phenoxy) is 1. The quantitative estimate of drug-likeness (QED) is 0.804. The zero-order chi connectivity index (χ0) is 16.3. The van der Waals surface area contributed by atoms with Crippen LogP contribution in [0.5, 0.6) is 0 Å². The van der Waals surface area contributed by atoms with Gasteiger partial charge in [-0.3, -0.25) is 9.59 Å². The number of likely N-dealkylation sites (tertiary alicyclic amines) is 2. The van der Waals surface area contributed by atoms with Crippen molar-refractivity contribution < 1.29 is 14.3 Å². The molecule has 6 nitrogen and oxygen atoms in total. The minimum atomic E-state index is -0.411. The smallest absolute Gasteiger partial charge is 0.237 e. The highest BCUT2D eigenvalue weighted by molar-refractivity contribution is 5.84. The molecule has 0 aromatic carbocycles. The van der Waals surface area contributed by atoms with Crippen LogP contribution in [0.1, 0.15) is 38.5 Å². The predicted octanol–water partition coefficient (Wildman–Crippen LogP) is 0.603. The first-order valence-corrected chi connectivity index (χ1v) is 8.93. The Bertz CT molecular complexity index is 440. The third kappa shape index (κ3) is 4.23. The molecule has 3 fully saturated rings. The monoisotopic (exact) mass is 323 g/mol. The number of hydrogen-bond donors (Lipinski definition) is 1. The summed E-state index contributed by atoms with van der Waals surface area (Å²) in [6.45, 7) is 6.01. The van der Waals surface area contributed by atoms with Crippen LogP contribution in [0.3, 0.4) is 0 Å². The van der Waals surface area contributed by atoms with Crippen LogP contribution >= 0.6 is 0 Å². The summed E-state index contributed by atoms with van der Waals surface area (Å²) in [7, 11) is 0. The molecular formula is C17H29N3O3. The van der Waals surface area contributed by atoms with Crippen molar-refractivity contribution in [1.82, 2.24) is 9.80 Å². The van der Waals surface area contributed by atoms with Crippen LogP contribution in [-0.4, -0.2) is 67.6 Å². The molecule has 2 amide bonds. The number of carbonyl (C=O) groups excluding carboxylic acids is 2. The van der Waals surface area contributed by atoms with Gasteiger partial charge in [0.05, 0.1) is 6.54 Å². The molecule has 3 saturated heterocycles. The summed E-state index contributed by atoms with van der Waals surface area (Å²) in [5, 5.41) is 0. The summed E-state index contributed by atoms with van der Waals surface area (Å²) >= 11 is 0. The number of piperidine rings is 2. The Kier molecular flexibility index (Phi) is 5.21. The van der Waals surface area contributed by atoms with E-state index in [4.69, 9.17) is 10.5 Å². The van der Waals surface area contributed by atoms with Gasteiger partial charge in [0.15, 0.2) is 0 Å². The number of carbonyl (C=O) groups is 2. The van der Waals surface area contributed by atoms with Crippen molar-refractivity contribution in [3.05, 3.63) is 0 Å². The molecule has 3 heterocycles. The normalized spacial score (nSPS) is 28.4. The lowest BCUT2D eigenvalue weighted by molar-refractivity contribution is -0.142. The van der Waals surface area contributed by atoms with Gasteiger partial charge < -0.3 is 20.3 Å². The van der Waals surface area contributed by atoms with E-state index in [1.165, 1.54) is 12.8 Å². The second kappa shape index (κ2) is 7.18. The van der Waals surface area contributed by atoms with Gasteiger partial charge in [-0.2, -0.15) is 0 Å². The lowest BCUT2D eigenvalue weighted by Crippen LogP contribution is -2.53. The average Bonchev–Trinajstić information content (AvgIpc) is 3.04. The van der Waals surface area contributed by atoms with E-state index >= 15 is 0 Å². The molecule has 3 rings (SSSR count). The number of amides is 2. The zero-order valence-electron chi connectivity index (χ0n) is 14.0. The van der Waals surface area contributed by atoms with Gasteiger partial charge in [-0.05, 0) is 63.1 Å². The van der Waals surface area contributed by atoms with Gasteiger partial charge in [0.25, 0.3) is 0 Å². The van der Waals surface area contributed by atoms with Gasteiger partial charge in [0.1, 0.15) is 0 Å². The van der Waals surface area contributed by atoms with E-state index in [-0.39, 0.29) is 17.9 Å². The Hall–Kier alpha value is -1.14. The second-order valence-corrected chi connectivity index (χ2v) is 7.58. The molecular weight excluding hydrogens is 294 g/mol. The number of hydrogen-bond acceptors (Lipinski definition) is 4. The Labute approximate surface area is 138 Å². The number of nitrogens with zero attached hydrogens (tertiary/aromatic N) is 2. The average molecular weight is 323 g/mol. The van der Waals surface area contributed by atoms with E-state index in [9.17, 15) is 9.59 Å². The first-order valence-electron chi connectivity index (χ1n) is 8.93. The molecule has 3 aliphatic rings. The maximum absolute atomic E-state index is 12.0. The van der Waals surface area contributed by atoms with Crippen molar-refractivity contribution in [2.75, 3.05) is 45.9 Å². The highest BCUT2D eigenvalue weighted by Crippen LogP contribution is 2.40. The molecule has 0 aromatic rings. The van der Waals surface area contributed by atoms with Crippen molar-refractivity contribution in [1.29, 1.82) is 0 Å². The van der Waals surface area contributed by atoms with Crippen molar-refractivity contribution in [2.45, 2.75) is 38.5 Å². The summed E-state index contributed by atoms with van der Waals surface area (Å²) in [4.78, 5) is 27.4. The van der Waals surface area contributed by atoms with E-state index in [1.54, 1.807) is 4.90 Å². The predicted molar refractivity (Wildman–Crippen MR) is 86.7 cm³/mol. The van der Waals surface area contributed by atoms with Gasteiger partial charge in [0.2, 0.25) is 11.8 Å². The van der Waals surface area contributed by atoms with Gasteiger partial charge >= 0.3 is 0 Å². The third-order valence-electron chi connectivity index (χ3n) is 5.89. The number of rotatable bonds is 5. The van der Waals surface area contributed by atoms with Crippen LogP contribution in [-0.2, 0) is 14.3 Å². The van der Waals surface area contributed by atoms with Gasteiger partial charge in [0, 0.05) is 26.2 Å². The van der Waals surface area contributed by atoms with E-state index in [2.05, 4.69) is 4.90 Å². The summed E-state index contributed by atoms with van der Waals surface area (Å²) < 4.78 is 5.45. The Balaban J connectivity index is 1.46. The zero-order valence-corrected chi connectivity index (χ0v) is 14.0. The molecule has 0 radical (unpaired) electrons. The first-order chi connectivity index (χ1) is 11.1. The lowest BCUT2D eigenvalue weighted by atomic mass is 9.72. The third-order valence-corrected chi connectivity index (χ3v) is 5.89. The Morgan fingerprint density at radius 2 is 2.09 bits per heavy atom. The van der Waals surface area contributed by atoms with Crippen molar-refractivity contribution >= 4 is 11.8 Å². The summed E-state index contributed by atoms with van der Waals surface area (Å²) in [6, 6.07) is 0. The molecule has 1 spiro atoms. The lowest BCUT2D eigenvalue weighted by Gasteiger charge is -2.47. The minimum absolute atomic E-state index is 0.0754. The molecule has 1 atom stereocenters. The maximum atomic E-state index is 12.0. The van der Waals surface area contributed by atoms with Gasteiger partial charge in [-0.1, -0.05) is 0 Å². The van der Waals surface area contributed by atoms with Crippen LogP contribution < -0.4 is 5.73 Å². The molecule has 0 aliphatic carbocycles.